The Labute approximate surface area is 187 Å². The van der Waals surface area contributed by atoms with E-state index < -0.39 is 10.1 Å². The van der Waals surface area contributed by atoms with Gasteiger partial charge in [0.15, 0.2) is 0 Å². The van der Waals surface area contributed by atoms with E-state index in [0.29, 0.717) is 17.9 Å². The van der Waals surface area contributed by atoms with Crippen LogP contribution in [0, 0.1) is 0 Å². The van der Waals surface area contributed by atoms with Crippen LogP contribution in [0.5, 0.6) is 11.5 Å². The van der Waals surface area contributed by atoms with E-state index in [4.69, 9.17) is 4.18 Å². The Balaban J connectivity index is 1.66. The highest BCUT2D eigenvalue weighted by atomic mass is 32.2. The molecule has 0 amide bonds. The smallest absolute Gasteiger partial charge is 0.309 e. The predicted molar refractivity (Wildman–Crippen MR) is 128 cm³/mol. The molecule has 0 aliphatic carbocycles. The maximum Gasteiger partial charge on any atom is 0.309 e. The first kappa shape index (κ1) is 24.9. The van der Waals surface area contributed by atoms with Crippen molar-refractivity contribution in [1.82, 2.24) is 0 Å². The summed E-state index contributed by atoms with van der Waals surface area (Å²) >= 11 is 0. The molecule has 5 nitrogen and oxygen atoms in total. The Hall–Kier alpha value is -2.34. The predicted octanol–water partition coefficient (Wildman–Crippen LogP) is 6.77. The van der Waals surface area contributed by atoms with Gasteiger partial charge in [-0.05, 0) is 60.5 Å². The fourth-order valence-electron chi connectivity index (χ4n) is 3.25. The average Bonchev–Trinajstić information content (AvgIpc) is 2.75. The van der Waals surface area contributed by atoms with Crippen molar-refractivity contribution >= 4 is 22.0 Å². The van der Waals surface area contributed by atoms with Gasteiger partial charge in [-0.25, -0.2) is 0 Å². The van der Waals surface area contributed by atoms with Gasteiger partial charge in [-0.2, -0.15) is 8.42 Å². The molecule has 0 unspecified atom stereocenters. The number of unbranched alkanes of at least 4 members (excludes halogenated alkanes) is 9. The van der Waals surface area contributed by atoms with Crippen molar-refractivity contribution in [3.8, 4) is 11.5 Å². The van der Waals surface area contributed by atoms with Gasteiger partial charge in [0.2, 0.25) is 0 Å². The Kier molecular flexibility index (Phi) is 11.1. The lowest BCUT2D eigenvalue weighted by Crippen LogP contribution is -2.13. The van der Waals surface area contributed by atoms with Crippen LogP contribution in [0.15, 0.2) is 53.5 Å². The number of aromatic hydroxyl groups is 1. The third kappa shape index (κ3) is 11.0. The largest absolute Gasteiger partial charge is 0.508 e. The molecule has 0 radical (unpaired) electrons. The number of nitrogens with zero attached hydrogens (tertiary/aromatic N) is 1. The molecule has 0 bridgehead atoms. The lowest BCUT2D eigenvalue weighted by molar-refractivity contribution is 0.475. The summed E-state index contributed by atoms with van der Waals surface area (Å²) in [6, 6.07) is 13.4. The van der Waals surface area contributed by atoms with Gasteiger partial charge in [-0.1, -0.05) is 64.7 Å². The monoisotopic (exact) mass is 445 g/mol. The standard InChI is InChI=1S/C25H35NO4S/c1-2-3-4-5-6-7-8-9-10-11-20-31(28,29)30-25-18-14-23(15-19-25)26-21-22-12-16-24(27)17-13-22/h12-19,21,27H,2-11,20H2,1H3. The summed E-state index contributed by atoms with van der Waals surface area (Å²) in [5, 5.41) is 9.29. The van der Waals surface area contributed by atoms with E-state index in [-0.39, 0.29) is 11.5 Å². The second kappa shape index (κ2) is 13.9. The summed E-state index contributed by atoms with van der Waals surface area (Å²) < 4.78 is 29.6. The SMILES string of the molecule is CCCCCCCCCCCCS(=O)(=O)Oc1ccc(N=Cc2ccc(O)cc2)cc1. The summed E-state index contributed by atoms with van der Waals surface area (Å²) in [5.41, 5.74) is 1.55. The van der Waals surface area contributed by atoms with Crippen LogP contribution in [-0.2, 0) is 10.1 Å². The Morgan fingerprint density at radius 1 is 0.806 bits per heavy atom. The lowest BCUT2D eigenvalue weighted by Gasteiger charge is -2.07. The molecule has 170 valence electrons. The van der Waals surface area contributed by atoms with Crippen LogP contribution in [0.2, 0.25) is 0 Å². The van der Waals surface area contributed by atoms with E-state index in [1.165, 1.54) is 44.9 Å². The van der Waals surface area contributed by atoms with Crippen molar-refractivity contribution in [3.05, 3.63) is 54.1 Å². The number of benzene rings is 2. The normalized spacial score (nSPS) is 11.8. The molecule has 2 aromatic carbocycles. The van der Waals surface area contributed by atoms with Gasteiger partial charge in [0, 0.05) is 6.21 Å². The molecule has 0 saturated heterocycles. The van der Waals surface area contributed by atoms with Gasteiger partial charge in [-0.15, -0.1) is 0 Å². The zero-order valence-corrected chi connectivity index (χ0v) is 19.3. The quantitative estimate of drug-likeness (QED) is 0.186. The molecule has 0 aliphatic rings. The molecule has 1 N–H and O–H groups in total. The van der Waals surface area contributed by atoms with Crippen molar-refractivity contribution in [2.24, 2.45) is 4.99 Å². The molecular formula is C25H35NO4S. The van der Waals surface area contributed by atoms with Crippen molar-refractivity contribution in [2.45, 2.75) is 71.1 Å². The Morgan fingerprint density at radius 2 is 1.35 bits per heavy atom. The summed E-state index contributed by atoms with van der Waals surface area (Å²) in [4.78, 5) is 4.34. The molecule has 0 aliphatic heterocycles. The molecular weight excluding hydrogens is 410 g/mol. The first-order chi connectivity index (χ1) is 15.0. The number of hydrogen-bond acceptors (Lipinski definition) is 5. The number of phenols is 1. The van der Waals surface area contributed by atoms with E-state index >= 15 is 0 Å². The third-order valence-electron chi connectivity index (χ3n) is 5.06. The molecule has 0 saturated carbocycles. The maximum atomic E-state index is 12.2. The van der Waals surface area contributed by atoms with Gasteiger partial charge in [0.25, 0.3) is 0 Å². The van der Waals surface area contributed by atoms with Crippen LogP contribution in [-0.4, -0.2) is 25.5 Å². The first-order valence-electron chi connectivity index (χ1n) is 11.3. The summed E-state index contributed by atoms with van der Waals surface area (Å²) in [7, 11) is -3.58. The minimum Gasteiger partial charge on any atom is -0.508 e. The van der Waals surface area contributed by atoms with Crippen LogP contribution in [0.4, 0.5) is 5.69 Å². The second-order valence-corrected chi connectivity index (χ2v) is 9.56. The highest BCUT2D eigenvalue weighted by Gasteiger charge is 2.12. The van der Waals surface area contributed by atoms with Gasteiger partial charge in [0.1, 0.15) is 11.5 Å². The maximum absolute atomic E-state index is 12.2. The van der Waals surface area contributed by atoms with Gasteiger partial charge >= 0.3 is 10.1 Å². The number of phenolic OH excluding ortho intramolecular Hbond substituents is 1. The molecule has 0 atom stereocenters. The van der Waals surface area contributed by atoms with E-state index in [1.54, 1.807) is 54.7 Å². The number of aliphatic imine (C=N–C) groups is 1. The zero-order chi connectivity index (χ0) is 22.4. The molecule has 0 fully saturated rings. The second-order valence-electron chi connectivity index (χ2n) is 7.87. The summed E-state index contributed by atoms with van der Waals surface area (Å²) in [6.45, 7) is 2.22. The lowest BCUT2D eigenvalue weighted by atomic mass is 10.1. The van der Waals surface area contributed by atoms with Crippen LogP contribution in [0.3, 0.4) is 0 Å². The van der Waals surface area contributed by atoms with Crippen molar-refractivity contribution in [2.75, 3.05) is 5.75 Å². The molecule has 0 heterocycles. The van der Waals surface area contributed by atoms with E-state index in [0.717, 1.165) is 18.4 Å². The van der Waals surface area contributed by atoms with E-state index in [9.17, 15) is 13.5 Å². The summed E-state index contributed by atoms with van der Waals surface area (Å²) in [5.74, 6) is 0.554. The Morgan fingerprint density at radius 3 is 1.94 bits per heavy atom. The van der Waals surface area contributed by atoms with Crippen molar-refractivity contribution < 1.29 is 17.7 Å². The minimum absolute atomic E-state index is 0.0459. The highest BCUT2D eigenvalue weighted by molar-refractivity contribution is 7.87. The molecule has 6 heteroatoms. The van der Waals surface area contributed by atoms with Crippen LogP contribution in [0.1, 0.15) is 76.7 Å². The fourth-order valence-corrected chi connectivity index (χ4v) is 4.30. The first-order valence-corrected chi connectivity index (χ1v) is 12.9. The van der Waals surface area contributed by atoms with Gasteiger partial charge in [-0.3, -0.25) is 4.99 Å². The third-order valence-corrected chi connectivity index (χ3v) is 6.30. The highest BCUT2D eigenvalue weighted by Crippen LogP contribution is 2.20. The zero-order valence-electron chi connectivity index (χ0n) is 18.5. The van der Waals surface area contributed by atoms with Gasteiger partial charge in [0.05, 0.1) is 11.4 Å². The molecule has 2 aromatic rings. The number of rotatable bonds is 15. The minimum atomic E-state index is -3.58. The molecule has 31 heavy (non-hydrogen) atoms. The topological polar surface area (TPSA) is 76.0 Å². The molecule has 0 spiro atoms. The fraction of sp³-hybridized carbons (Fsp3) is 0.480. The number of hydrogen-bond donors (Lipinski definition) is 1. The van der Waals surface area contributed by atoms with Crippen molar-refractivity contribution in [3.63, 3.8) is 0 Å². The molecule has 0 aromatic heterocycles. The van der Waals surface area contributed by atoms with E-state index in [1.807, 2.05) is 0 Å². The van der Waals surface area contributed by atoms with Gasteiger partial charge < -0.3 is 9.29 Å². The van der Waals surface area contributed by atoms with Crippen LogP contribution < -0.4 is 4.18 Å². The Bertz CT molecular complexity index is 875. The van der Waals surface area contributed by atoms with Crippen LogP contribution in [0.25, 0.3) is 0 Å². The van der Waals surface area contributed by atoms with Crippen molar-refractivity contribution in [1.29, 1.82) is 0 Å². The molecule has 2 rings (SSSR count). The van der Waals surface area contributed by atoms with Crippen LogP contribution >= 0.6 is 0 Å². The average molecular weight is 446 g/mol. The van der Waals surface area contributed by atoms with E-state index in [2.05, 4.69) is 11.9 Å². The summed E-state index contributed by atoms with van der Waals surface area (Å²) in [6.07, 6.45) is 13.3.